The minimum absolute atomic E-state index is 0.205. The molecule has 1 fully saturated rings. The molecule has 1 unspecified atom stereocenters. The second-order valence-electron chi connectivity index (χ2n) is 6.93. The van der Waals surface area contributed by atoms with E-state index in [0.29, 0.717) is 0 Å². The van der Waals surface area contributed by atoms with Gasteiger partial charge in [-0.15, -0.1) is 10.2 Å². The molecule has 0 bridgehead atoms. The molecule has 0 saturated carbocycles. The summed E-state index contributed by atoms with van der Waals surface area (Å²) in [5.41, 5.74) is 2.95. The number of imidazole rings is 1. The molecule has 5 rings (SSSR count). The van der Waals surface area contributed by atoms with Crippen molar-refractivity contribution in [3.05, 3.63) is 54.4 Å². The maximum absolute atomic E-state index is 5.86. The summed E-state index contributed by atoms with van der Waals surface area (Å²) in [4.78, 5) is 4.68. The smallest absolute Gasteiger partial charge is 0.191 e. The summed E-state index contributed by atoms with van der Waals surface area (Å²) in [5.74, 6) is 2.41. The van der Waals surface area contributed by atoms with Gasteiger partial charge in [-0.05, 0) is 38.0 Å². The first-order chi connectivity index (χ1) is 13.8. The Balaban J connectivity index is 1.42. The van der Waals surface area contributed by atoms with Crippen molar-refractivity contribution in [2.75, 3.05) is 6.61 Å². The first-order valence-electron chi connectivity index (χ1n) is 9.42. The summed E-state index contributed by atoms with van der Waals surface area (Å²) < 4.78 is 15.5. The second-order valence-corrected chi connectivity index (χ2v) is 7.87. The van der Waals surface area contributed by atoms with Gasteiger partial charge in [0.1, 0.15) is 11.4 Å². The van der Waals surface area contributed by atoms with Crippen molar-refractivity contribution in [3.63, 3.8) is 0 Å². The van der Waals surface area contributed by atoms with E-state index in [9.17, 15) is 0 Å². The van der Waals surface area contributed by atoms with Crippen molar-refractivity contribution < 1.29 is 9.15 Å². The predicted molar refractivity (Wildman–Crippen MR) is 106 cm³/mol. The van der Waals surface area contributed by atoms with Crippen LogP contribution >= 0.6 is 11.8 Å². The van der Waals surface area contributed by atoms with E-state index < -0.39 is 0 Å². The summed E-state index contributed by atoms with van der Waals surface area (Å²) in [6.07, 6.45) is 8.14. The van der Waals surface area contributed by atoms with Gasteiger partial charge < -0.3 is 13.6 Å². The number of rotatable bonds is 6. The van der Waals surface area contributed by atoms with Crippen molar-refractivity contribution in [2.45, 2.75) is 43.3 Å². The average molecular weight is 395 g/mol. The molecule has 1 aliphatic rings. The molecule has 0 aromatic carbocycles. The van der Waals surface area contributed by atoms with E-state index in [0.717, 1.165) is 65.4 Å². The van der Waals surface area contributed by atoms with Crippen LogP contribution in [0.1, 0.15) is 24.3 Å². The van der Waals surface area contributed by atoms with Crippen LogP contribution in [0.25, 0.3) is 17.0 Å². The molecule has 1 saturated heterocycles. The maximum atomic E-state index is 5.86. The Labute approximate surface area is 166 Å². The summed E-state index contributed by atoms with van der Waals surface area (Å²) in [5, 5.41) is 9.81. The number of hydrogen-bond acceptors (Lipinski definition) is 6. The lowest BCUT2D eigenvalue weighted by Crippen LogP contribution is -2.16. The Morgan fingerprint density at radius 1 is 1.25 bits per heavy atom. The van der Waals surface area contributed by atoms with E-state index >= 15 is 0 Å². The molecule has 28 heavy (non-hydrogen) atoms. The molecule has 144 valence electrons. The summed E-state index contributed by atoms with van der Waals surface area (Å²) in [6, 6.07) is 7.95. The van der Waals surface area contributed by atoms with Gasteiger partial charge in [-0.3, -0.25) is 4.57 Å². The van der Waals surface area contributed by atoms with Crippen molar-refractivity contribution in [2.24, 2.45) is 0 Å². The Morgan fingerprint density at radius 3 is 3.00 bits per heavy atom. The lowest BCUT2D eigenvalue weighted by Gasteiger charge is -2.14. The molecule has 7 nitrogen and oxygen atoms in total. The molecule has 5 heterocycles. The molecule has 0 radical (unpaired) electrons. The number of pyridine rings is 1. The van der Waals surface area contributed by atoms with Crippen LogP contribution in [0.5, 0.6) is 0 Å². The third-order valence-electron chi connectivity index (χ3n) is 4.99. The normalized spacial score (nSPS) is 17.0. The van der Waals surface area contributed by atoms with Crippen LogP contribution in [0.3, 0.4) is 0 Å². The first kappa shape index (κ1) is 17.5. The molecule has 0 amide bonds. The van der Waals surface area contributed by atoms with E-state index in [-0.39, 0.29) is 6.10 Å². The first-order valence-corrected chi connectivity index (χ1v) is 10.4. The van der Waals surface area contributed by atoms with Gasteiger partial charge in [-0.1, -0.05) is 17.8 Å². The molecule has 1 aliphatic heterocycles. The highest BCUT2D eigenvalue weighted by Crippen LogP contribution is 2.30. The third-order valence-corrected chi connectivity index (χ3v) is 5.99. The van der Waals surface area contributed by atoms with Crippen molar-refractivity contribution in [1.29, 1.82) is 0 Å². The maximum Gasteiger partial charge on any atom is 0.191 e. The molecule has 0 N–H and O–H groups in total. The largest absolute Gasteiger partial charge is 0.469 e. The summed E-state index contributed by atoms with van der Waals surface area (Å²) >= 11 is 1.65. The number of nitrogens with zero attached hydrogens (tertiary/aromatic N) is 5. The van der Waals surface area contributed by atoms with Gasteiger partial charge in [0.2, 0.25) is 0 Å². The predicted octanol–water partition coefficient (Wildman–Crippen LogP) is 3.97. The van der Waals surface area contributed by atoms with Crippen LogP contribution in [-0.2, 0) is 17.0 Å². The molecule has 1 atom stereocenters. The molecule has 0 spiro atoms. The zero-order valence-corrected chi connectivity index (χ0v) is 16.4. The van der Waals surface area contributed by atoms with Gasteiger partial charge in [0.15, 0.2) is 11.0 Å². The van der Waals surface area contributed by atoms with E-state index in [1.165, 1.54) is 0 Å². The molecular formula is C20H21N5O2S. The van der Waals surface area contributed by atoms with Crippen molar-refractivity contribution in [3.8, 4) is 11.4 Å². The fourth-order valence-corrected chi connectivity index (χ4v) is 4.39. The highest BCUT2D eigenvalue weighted by atomic mass is 32.2. The lowest BCUT2D eigenvalue weighted by atomic mass is 10.2. The topological polar surface area (TPSA) is 70.4 Å². The average Bonchev–Trinajstić information content (AvgIpc) is 3.47. The Bertz CT molecular complexity index is 1060. The second kappa shape index (κ2) is 7.44. The van der Waals surface area contributed by atoms with Crippen LogP contribution in [0.4, 0.5) is 0 Å². The van der Waals surface area contributed by atoms with Gasteiger partial charge in [-0.2, -0.15) is 0 Å². The van der Waals surface area contributed by atoms with Gasteiger partial charge >= 0.3 is 0 Å². The van der Waals surface area contributed by atoms with E-state index in [4.69, 9.17) is 9.15 Å². The zero-order valence-electron chi connectivity index (χ0n) is 15.6. The summed E-state index contributed by atoms with van der Waals surface area (Å²) in [7, 11) is 0. The Hall–Kier alpha value is -2.58. The van der Waals surface area contributed by atoms with Crippen LogP contribution < -0.4 is 0 Å². The molecule has 4 aromatic rings. The SMILES string of the molecule is Cc1occc1-c1nnc(SCc2cn3ccccc3n2)n1CC1CCCO1. The lowest BCUT2D eigenvalue weighted by molar-refractivity contribution is 0.0953. The number of ether oxygens (including phenoxy) is 1. The van der Waals surface area contributed by atoms with Crippen LogP contribution in [0, 0.1) is 6.92 Å². The van der Waals surface area contributed by atoms with E-state index in [2.05, 4.69) is 25.9 Å². The molecule has 4 aromatic heterocycles. The van der Waals surface area contributed by atoms with Gasteiger partial charge in [0.05, 0.1) is 30.2 Å². The third kappa shape index (κ3) is 3.33. The van der Waals surface area contributed by atoms with Crippen LogP contribution in [0.15, 0.2) is 52.5 Å². The number of furan rings is 1. The standard InChI is InChI=1S/C20H21N5O2S/c1-14-17(7-10-26-14)19-22-23-20(25(19)12-16-5-4-9-27-16)28-13-15-11-24-8-3-2-6-18(24)21-15/h2-3,6-8,10-11,16H,4-5,9,12-13H2,1H3. The monoisotopic (exact) mass is 395 g/mol. The number of aromatic nitrogens is 5. The van der Waals surface area contributed by atoms with Gasteiger partial charge in [-0.25, -0.2) is 4.98 Å². The van der Waals surface area contributed by atoms with Crippen LogP contribution in [-0.4, -0.2) is 36.9 Å². The fourth-order valence-electron chi connectivity index (χ4n) is 3.56. The van der Waals surface area contributed by atoms with Crippen LogP contribution in [0.2, 0.25) is 0 Å². The van der Waals surface area contributed by atoms with Crippen molar-refractivity contribution >= 4 is 17.4 Å². The fraction of sp³-hybridized carbons (Fsp3) is 0.350. The number of hydrogen-bond donors (Lipinski definition) is 0. The minimum Gasteiger partial charge on any atom is -0.469 e. The molecule has 0 aliphatic carbocycles. The molecular weight excluding hydrogens is 374 g/mol. The number of aryl methyl sites for hydroxylation is 1. The highest BCUT2D eigenvalue weighted by molar-refractivity contribution is 7.98. The van der Waals surface area contributed by atoms with E-state index in [1.54, 1.807) is 18.0 Å². The zero-order chi connectivity index (χ0) is 18.9. The number of thioether (sulfide) groups is 1. The van der Waals surface area contributed by atoms with Gasteiger partial charge in [0, 0.05) is 24.8 Å². The summed E-state index contributed by atoms with van der Waals surface area (Å²) in [6.45, 7) is 3.53. The highest BCUT2D eigenvalue weighted by Gasteiger charge is 2.23. The molecule has 8 heteroatoms. The minimum atomic E-state index is 0.205. The van der Waals surface area contributed by atoms with Gasteiger partial charge in [0.25, 0.3) is 0 Å². The van der Waals surface area contributed by atoms with E-state index in [1.807, 2.05) is 41.8 Å². The Morgan fingerprint density at radius 2 is 2.21 bits per heavy atom. The number of fused-ring (bicyclic) bond motifs is 1. The van der Waals surface area contributed by atoms with Crippen molar-refractivity contribution in [1.82, 2.24) is 24.1 Å². The Kier molecular flexibility index (Phi) is 4.66. The quantitative estimate of drug-likeness (QED) is 0.460.